The van der Waals surface area contributed by atoms with Gasteiger partial charge in [-0.25, -0.2) is 19.4 Å². The Morgan fingerprint density at radius 1 is 0.677 bits per heavy atom. The van der Waals surface area contributed by atoms with E-state index in [0.29, 0.717) is 0 Å². The standard InChI is InChI=1S/2C6H10O4.2C3H8O2.Ti/c2*1-3-10-5(4(2)7)6(8)9;2*1-3(2)5-4;/h2*5H,3H2,1-2H3,(H,8,9);2*3-4H,1-2H3;. The van der Waals surface area contributed by atoms with Gasteiger partial charge in [-0.05, 0) is 55.4 Å². The van der Waals surface area contributed by atoms with Crippen LogP contribution in [0.1, 0.15) is 55.4 Å². The summed E-state index contributed by atoms with van der Waals surface area (Å²) in [6, 6.07) is 0. The normalized spacial score (nSPS) is 11.2. The van der Waals surface area contributed by atoms with E-state index in [2.05, 4.69) is 19.2 Å². The molecule has 4 N–H and O–H groups in total. The average Bonchev–Trinajstić information content (AvgIpc) is 2.64. The van der Waals surface area contributed by atoms with Crippen molar-refractivity contribution in [3.8, 4) is 0 Å². The Labute approximate surface area is 197 Å². The number of hydrogen-bond donors (Lipinski definition) is 4. The summed E-state index contributed by atoms with van der Waals surface area (Å²) in [4.78, 5) is 48.8. The minimum absolute atomic E-state index is 0. The van der Waals surface area contributed by atoms with Crippen molar-refractivity contribution in [1.29, 1.82) is 0 Å². The van der Waals surface area contributed by atoms with E-state index in [0.717, 1.165) is 0 Å². The smallest absolute Gasteiger partial charge is 0.340 e. The fourth-order valence-corrected chi connectivity index (χ4v) is 1.06. The number of carboxylic acid groups (broad SMARTS) is 2. The number of ether oxygens (including phenoxy) is 2. The maximum Gasteiger partial charge on any atom is 0.340 e. The molecule has 0 radical (unpaired) electrons. The summed E-state index contributed by atoms with van der Waals surface area (Å²) in [5.74, 6) is -3.41. The molecule has 0 heterocycles. The van der Waals surface area contributed by atoms with Crippen LogP contribution in [0.4, 0.5) is 0 Å². The molecule has 184 valence electrons. The third-order valence-corrected chi connectivity index (χ3v) is 2.28. The minimum atomic E-state index is -1.29. The first-order valence-corrected chi connectivity index (χ1v) is 9.03. The van der Waals surface area contributed by atoms with Crippen LogP contribution in [0.15, 0.2) is 0 Å². The number of carbonyl (C=O) groups excluding carboxylic acids is 2. The third-order valence-electron chi connectivity index (χ3n) is 2.28. The SMILES string of the molecule is CC(C)OO.CC(C)OO.CCOC(C(C)=O)C(=O)O.CCOC(C(C)=O)C(=O)O.[Ti]. The van der Waals surface area contributed by atoms with Crippen molar-refractivity contribution < 1.29 is 80.9 Å². The average molecular weight is 492 g/mol. The second-order valence-electron chi connectivity index (χ2n) is 5.88. The molecule has 13 heteroatoms. The zero-order chi connectivity index (χ0) is 24.9. The van der Waals surface area contributed by atoms with Crippen molar-refractivity contribution in [1.82, 2.24) is 0 Å². The van der Waals surface area contributed by atoms with Crippen LogP contribution in [0, 0.1) is 0 Å². The van der Waals surface area contributed by atoms with Crippen LogP contribution in [0.5, 0.6) is 0 Å². The van der Waals surface area contributed by atoms with Gasteiger partial charge < -0.3 is 19.7 Å². The van der Waals surface area contributed by atoms with Crippen LogP contribution in [-0.2, 0) is 60.1 Å². The van der Waals surface area contributed by atoms with Crippen LogP contribution in [-0.4, -0.2) is 81.9 Å². The zero-order valence-corrected chi connectivity index (χ0v) is 20.8. The Hall–Kier alpha value is -1.25. The molecule has 0 aromatic carbocycles. The van der Waals surface area contributed by atoms with Gasteiger partial charge in [0.05, 0.1) is 12.2 Å². The zero-order valence-electron chi connectivity index (χ0n) is 19.3. The molecule has 0 saturated carbocycles. The van der Waals surface area contributed by atoms with E-state index in [1.54, 1.807) is 41.5 Å². The number of hydrogen-bond acceptors (Lipinski definition) is 10. The number of carboxylic acids is 2. The molecule has 2 unspecified atom stereocenters. The Morgan fingerprint density at radius 2 is 0.871 bits per heavy atom. The molecule has 0 aliphatic carbocycles. The predicted octanol–water partition coefficient (Wildman–Crippen LogP) is 1.90. The number of carbonyl (C=O) groups is 4. The van der Waals surface area contributed by atoms with E-state index in [4.69, 9.17) is 20.7 Å². The fraction of sp³-hybridized carbons (Fsp3) is 0.778. The molecule has 0 aromatic rings. The van der Waals surface area contributed by atoms with Crippen molar-refractivity contribution in [2.45, 2.75) is 79.8 Å². The van der Waals surface area contributed by atoms with E-state index in [1.165, 1.54) is 13.8 Å². The number of aliphatic carboxylic acids is 2. The van der Waals surface area contributed by atoms with Crippen molar-refractivity contribution in [3.05, 3.63) is 0 Å². The topological polar surface area (TPSA) is 186 Å². The van der Waals surface area contributed by atoms with Crippen LogP contribution >= 0.6 is 0 Å². The molecular weight excluding hydrogens is 456 g/mol. The molecule has 0 bridgehead atoms. The quantitative estimate of drug-likeness (QED) is 0.150. The maximum absolute atomic E-state index is 10.5. The Morgan fingerprint density at radius 3 is 0.903 bits per heavy atom. The molecular formula is C18H36O12Ti. The number of ketones is 2. The van der Waals surface area contributed by atoms with Gasteiger partial charge in [0.2, 0.25) is 12.2 Å². The molecule has 0 rings (SSSR count). The van der Waals surface area contributed by atoms with Gasteiger partial charge >= 0.3 is 11.9 Å². The van der Waals surface area contributed by atoms with Gasteiger partial charge in [0, 0.05) is 34.9 Å². The van der Waals surface area contributed by atoms with E-state index in [1.807, 2.05) is 0 Å². The molecule has 0 amide bonds. The van der Waals surface area contributed by atoms with Gasteiger partial charge in [0.25, 0.3) is 0 Å². The first-order chi connectivity index (χ1) is 13.7. The summed E-state index contributed by atoms with van der Waals surface area (Å²) in [6.45, 7) is 13.1. The van der Waals surface area contributed by atoms with Gasteiger partial charge in [-0.2, -0.15) is 0 Å². The van der Waals surface area contributed by atoms with Gasteiger partial charge in [-0.3, -0.25) is 20.1 Å². The van der Waals surface area contributed by atoms with Crippen molar-refractivity contribution in [2.24, 2.45) is 0 Å². The number of Topliss-reactive ketones (excluding diaryl/α,β-unsaturated/α-hetero) is 2. The second-order valence-corrected chi connectivity index (χ2v) is 5.88. The molecule has 0 aromatic heterocycles. The summed E-state index contributed by atoms with van der Waals surface area (Å²) < 4.78 is 9.23. The van der Waals surface area contributed by atoms with Crippen LogP contribution in [0.3, 0.4) is 0 Å². The van der Waals surface area contributed by atoms with Crippen molar-refractivity contribution >= 4 is 23.5 Å². The summed E-state index contributed by atoms with van der Waals surface area (Å²) in [7, 11) is 0. The molecule has 0 saturated heterocycles. The predicted molar refractivity (Wildman–Crippen MR) is 105 cm³/mol. The van der Waals surface area contributed by atoms with E-state index in [-0.39, 0.29) is 47.1 Å². The molecule has 0 fully saturated rings. The van der Waals surface area contributed by atoms with Gasteiger partial charge in [-0.15, -0.1) is 0 Å². The summed E-state index contributed by atoms with van der Waals surface area (Å²) in [6.07, 6.45) is -2.69. The van der Waals surface area contributed by atoms with Crippen LogP contribution < -0.4 is 0 Å². The van der Waals surface area contributed by atoms with E-state index >= 15 is 0 Å². The molecule has 2 atom stereocenters. The van der Waals surface area contributed by atoms with Gasteiger partial charge in [0.1, 0.15) is 0 Å². The molecule has 12 nitrogen and oxygen atoms in total. The first kappa shape index (κ1) is 40.1. The number of rotatable bonds is 10. The molecule has 0 aliphatic rings. The van der Waals surface area contributed by atoms with E-state index < -0.39 is 35.7 Å². The Balaban J connectivity index is -0.000000101. The van der Waals surface area contributed by atoms with Gasteiger partial charge in [-0.1, -0.05) is 0 Å². The van der Waals surface area contributed by atoms with Crippen LogP contribution in [0.25, 0.3) is 0 Å². The third kappa shape index (κ3) is 33.6. The monoisotopic (exact) mass is 492 g/mol. The first-order valence-electron chi connectivity index (χ1n) is 9.03. The minimum Gasteiger partial charge on any atom is -0.479 e. The molecule has 0 aliphatic heterocycles. The summed E-state index contributed by atoms with van der Waals surface area (Å²) in [5.41, 5.74) is 0. The summed E-state index contributed by atoms with van der Waals surface area (Å²) >= 11 is 0. The summed E-state index contributed by atoms with van der Waals surface area (Å²) in [5, 5.41) is 31.9. The Kier molecular flexibility index (Phi) is 34.7. The largest absolute Gasteiger partial charge is 0.479 e. The van der Waals surface area contributed by atoms with Crippen LogP contribution in [0.2, 0.25) is 0 Å². The molecule has 31 heavy (non-hydrogen) atoms. The van der Waals surface area contributed by atoms with Crippen molar-refractivity contribution in [2.75, 3.05) is 13.2 Å². The molecule has 0 spiro atoms. The second kappa shape index (κ2) is 26.8. The van der Waals surface area contributed by atoms with Crippen molar-refractivity contribution in [3.63, 3.8) is 0 Å². The maximum atomic E-state index is 10.5. The Bertz CT molecular complexity index is 398. The van der Waals surface area contributed by atoms with Gasteiger partial charge in [0.15, 0.2) is 11.6 Å². The fourth-order valence-electron chi connectivity index (χ4n) is 1.06. The van der Waals surface area contributed by atoms with E-state index in [9.17, 15) is 19.2 Å².